The molecule has 2 nitrogen and oxygen atoms in total. The van der Waals surface area contributed by atoms with Gasteiger partial charge in [0.25, 0.3) is 0 Å². The Labute approximate surface area is 77.5 Å². The number of ether oxygens (including phenoxy) is 1. The van der Waals surface area contributed by atoms with Crippen LogP contribution in [0.1, 0.15) is 14.5 Å². The Morgan fingerprint density at radius 2 is 2.45 bits per heavy atom. The van der Waals surface area contributed by atoms with E-state index >= 15 is 0 Å². The average molecular weight is 218 g/mol. The molecule has 0 N–H and O–H groups in total. The third kappa shape index (κ3) is 2.05. The lowest BCUT2D eigenvalue weighted by atomic mass is 10.2. The van der Waals surface area contributed by atoms with Crippen LogP contribution in [-0.2, 0) is 0 Å². The molecule has 1 aromatic rings. The van der Waals surface area contributed by atoms with Gasteiger partial charge in [-0.2, -0.15) is 0 Å². The van der Waals surface area contributed by atoms with Gasteiger partial charge in [-0.15, -0.1) is 0 Å². The minimum atomic E-state index is -2.50. The molecule has 0 fully saturated rings. The molecule has 3 heteroatoms. The molecule has 0 bridgehead atoms. The molecule has 0 radical (unpaired) electrons. The fraction of sp³-hybridized carbons (Fsp3) is 0.125. The maximum absolute atomic E-state index is 10.5. The molecule has 0 aliphatic heterocycles. The van der Waals surface area contributed by atoms with E-state index in [0.29, 0.717) is 16.3 Å². The predicted octanol–water partition coefficient (Wildman–Crippen LogP) is 2.27. The van der Waals surface area contributed by atoms with Gasteiger partial charge in [0.05, 0.1) is 11.2 Å². The summed E-state index contributed by atoms with van der Waals surface area (Å²) in [7, 11) is -2.50. The van der Waals surface area contributed by atoms with Crippen LogP contribution in [0.5, 0.6) is 5.75 Å². The zero-order chi connectivity index (χ0) is 10.8. The minimum Gasteiger partial charge on any atom is -0.497 e. The fourth-order valence-corrected chi connectivity index (χ4v) is 1.20. The van der Waals surface area contributed by atoms with Gasteiger partial charge in [0.1, 0.15) is 12.0 Å². The van der Waals surface area contributed by atoms with Crippen molar-refractivity contribution in [2.75, 3.05) is 7.04 Å². The number of benzene rings is 1. The van der Waals surface area contributed by atoms with E-state index in [4.69, 9.17) is 4.11 Å². The van der Waals surface area contributed by atoms with Crippen molar-refractivity contribution in [3.63, 3.8) is 0 Å². The average Bonchev–Trinajstić information content (AvgIpc) is 1.99. The molecule has 0 aliphatic carbocycles. The Kier molecular flexibility index (Phi) is 1.58. The Hall–Kier alpha value is -0.830. The van der Waals surface area contributed by atoms with Crippen molar-refractivity contribution >= 4 is 22.2 Å². The monoisotopic (exact) mass is 217 g/mol. The Morgan fingerprint density at radius 1 is 1.64 bits per heavy atom. The number of hydrogen-bond acceptors (Lipinski definition) is 2. The van der Waals surface area contributed by atoms with Crippen molar-refractivity contribution in [1.82, 2.24) is 0 Å². The second-order valence-corrected chi connectivity index (χ2v) is 2.86. The molecule has 58 valence electrons. The van der Waals surface area contributed by atoms with Gasteiger partial charge in [-0.05, 0) is 18.2 Å². The van der Waals surface area contributed by atoms with E-state index in [2.05, 4.69) is 20.7 Å². The highest BCUT2D eigenvalue weighted by Crippen LogP contribution is 2.19. The third-order valence-corrected chi connectivity index (χ3v) is 1.61. The summed E-state index contributed by atoms with van der Waals surface area (Å²) in [4.78, 5) is 10.5. The van der Waals surface area contributed by atoms with E-state index in [-0.39, 0.29) is 5.75 Å². The van der Waals surface area contributed by atoms with Crippen LogP contribution >= 0.6 is 15.9 Å². The number of rotatable bonds is 2. The molecule has 11 heavy (non-hydrogen) atoms. The van der Waals surface area contributed by atoms with Crippen LogP contribution in [-0.4, -0.2) is 13.3 Å². The molecule has 1 rings (SSSR count). The minimum absolute atomic E-state index is 0.140. The Bertz CT molecular complexity index is 349. The van der Waals surface area contributed by atoms with E-state index in [1.807, 2.05) is 0 Å². The van der Waals surface area contributed by atoms with Crippen LogP contribution < -0.4 is 4.74 Å². The number of halogens is 1. The SMILES string of the molecule is [2H]C([2H])([2H])Oc1cc(Br)cc(C=O)c1. The molecule has 0 saturated carbocycles. The van der Waals surface area contributed by atoms with Crippen LogP contribution in [0.25, 0.3) is 0 Å². The van der Waals surface area contributed by atoms with Gasteiger partial charge in [-0.1, -0.05) is 15.9 Å². The second kappa shape index (κ2) is 3.53. The molecule has 0 spiro atoms. The highest BCUT2D eigenvalue weighted by molar-refractivity contribution is 9.10. The Balaban J connectivity index is 2.98. The van der Waals surface area contributed by atoms with Gasteiger partial charge in [0.2, 0.25) is 0 Å². The fourth-order valence-electron chi connectivity index (χ4n) is 0.711. The summed E-state index contributed by atoms with van der Waals surface area (Å²) in [6, 6.07) is 4.42. The molecule has 0 atom stereocenters. The quantitative estimate of drug-likeness (QED) is 0.711. The van der Waals surface area contributed by atoms with E-state index in [1.54, 1.807) is 6.07 Å². The van der Waals surface area contributed by atoms with E-state index in [9.17, 15) is 4.79 Å². The standard InChI is InChI=1S/C8H7BrO2/c1-11-8-3-6(5-10)2-7(9)4-8/h2-5H,1H3/i1D3. The number of methoxy groups -OCH3 is 1. The topological polar surface area (TPSA) is 26.3 Å². The van der Waals surface area contributed by atoms with Crippen LogP contribution in [0.15, 0.2) is 22.7 Å². The highest BCUT2D eigenvalue weighted by atomic mass is 79.9. The van der Waals surface area contributed by atoms with Crippen molar-refractivity contribution in [2.45, 2.75) is 0 Å². The van der Waals surface area contributed by atoms with Crippen LogP contribution in [0.2, 0.25) is 0 Å². The molecule has 0 aromatic heterocycles. The third-order valence-electron chi connectivity index (χ3n) is 1.15. The van der Waals surface area contributed by atoms with Crippen LogP contribution in [0, 0.1) is 0 Å². The predicted molar refractivity (Wildman–Crippen MR) is 46.1 cm³/mol. The summed E-state index contributed by atoms with van der Waals surface area (Å²) in [5, 5.41) is 0. The van der Waals surface area contributed by atoms with Gasteiger partial charge in [-0.3, -0.25) is 4.79 Å². The van der Waals surface area contributed by atoms with Crippen molar-refractivity contribution in [3.8, 4) is 5.75 Å². The first kappa shape index (κ1) is 4.93. The lowest BCUT2D eigenvalue weighted by molar-refractivity contribution is 0.112. The molecule has 0 amide bonds. The van der Waals surface area contributed by atoms with Gasteiger partial charge < -0.3 is 4.74 Å². The summed E-state index contributed by atoms with van der Waals surface area (Å²) in [5.74, 6) is 0.140. The van der Waals surface area contributed by atoms with Crippen molar-refractivity contribution in [1.29, 1.82) is 0 Å². The molecular weight excluding hydrogens is 208 g/mol. The highest BCUT2D eigenvalue weighted by Gasteiger charge is 1.96. The first-order valence-electron chi connectivity index (χ1n) is 4.35. The smallest absolute Gasteiger partial charge is 0.150 e. The first-order chi connectivity index (χ1) is 6.40. The number of carbonyl (C=O) groups excluding carboxylic acids is 1. The van der Waals surface area contributed by atoms with Gasteiger partial charge in [0.15, 0.2) is 0 Å². The van der Waals surface area contributed by atoms with Crippen LogP contribution in [0.3, 0.4) is 0 Å². The largest absolute Gasteiger partial charge is 0.497 e. The summed E-state index contributed by atoms with van der Waals surface area (Å²) in [6.45, 7) is 0. The normalized spacial score (nSPS) is 14.5. The molecule has 0 heterocycles. The second-order valence-electron chi connectivity index (χ2n) is 1.94. The lowest BCUT2D eigenvalue weighted by Crippen LogP contribution is -1.85. The van der Waals surface area contributed by atoms with Crippen LogP contribution in [0.4, 0.5) is 0 Å². The van der Waals surface area contributed by atoms with E-state index in [0.717, 1.165) is 0 Å². The maximum Gasteiger partial charge on any atom is 0.150 e. The zero-order valence-electron chi connectivity index (χ0n) is 8.50. The number of aldehydes is 1. The molecule has 0 unspecified atom stereocenters. The maximum atomic E-state index is 10.5. The number of carbonyl (C=O) groups is 1. The number of hydrogen-bond donors (Lipinski definition) is 0. The molecule has 0 saturated heterocycles. The van der Waals surface area contributed by atoms with Gasteiger partial charge in [-0.25, -0.2) is 0 Å². The summed E-state index contributed by atoms with van der Waals surface area (Å²) >= 11 is 3.14. The van der Waals surface area contributed by atoms with Gasteiger partial charge in [0, 0.05) is 10.0 Å². The van der Waals surface area contributed by atoms with Gasteiger partial charge >= 0.3 is 0 Å². The van der Waals surface area contributed by atoms with Crippen molar-refractivity contribution < 1.29 is 13.6 Å². The molecule has 0 aliphatic rings. The molecular formula is C8H7BrO2. The van der Waals surface area contributed by atoms with Crippen molar-refractivity contribution in [2.24, 2.45) is 0 Å². The lowest BCUT2D eigenvalue weighted by Gasteiger charge is -2.00. The van der Waals surface area contributed by atoms with E-state index < -0.39 is 7.04 Å². The first-order valence-corrected chi connectivity index (χ1v) is 3.65. The van der Waals surface area contributed by atoms with E-state index in [1.165, 1.54) is 12.1 Å². The summed E-state index contributed by atoms with van der Waals surface area (Å²) in [6.07, 6.45) is 0.622. The zero-order valence-corrected chi connectivity index (χ0v) is 7.09. The molecule has 1 aromatic carbocycles. The van der Waals surface area contributed by atoms with Crippen molar-refractivity contribution in [3.05, 3.63) is 28.2 Å². The Morgan fingerprint density at radius 3 is 3.09 bits per heavy atom. The summed E-state index contributed by atoms with van der Waals surface area (Å²) < 4.78 is 25.9. The summed E-state index contributed by atoms with van der Waals surface area (Å²) in [5.41, 5.74) is 0.360.